The first kappa shape index (κ1) is 10.1. The van der Waals surface area contributed by atoms with Crippen LogP contribution in [-0.4, -0.2) is 10.9 Å². The van der Waals surface area contributed by atoms with E-state index in [1.807, 2.05) is 0 Å². The van der Waals surface area contributed by atoms with Crippen molar-refractivity contribution in [3.63, 3.8) is 0 Å². The van der Waals surface area contributed by atoms with Crippen molar-refractivity contribution in [2.45, 2.75) is 0 Å². The van der Waals surface area contributed by atoms with E-state index >= 15 is 0 Å². The SMILES string of the molecule is C=C(Br)C(=O)/C(=C/O)C(=C)F. The van der Waals surface area contributed by atoms with Crippen molar-refractivity contribution in [1.82, 2.24) is 0 Å². The van der Waals surface area contributed by atoms with Crippen molar-refractivity contribution in [3.05, 3.63) is 35.3 Å². The zero-order valence-electron chi connectivity index (χ0n) is 5.60. The Balaban J connectivity index is 4.69. The number of hydrogen-bond donors (Lipinski definition) is 1. The van der Waals surface area contributed by atoms with E-state index < -0.39 is 17.2 Å². The van der Waals surface area contributed by atoms with E-state index in [2.05, 4.69) is 29.1 Å². The molecule has 0 radical (unpaired) electrons. The van der Waals surface area contributed by atoms with E-state index in [9.17, 15) is 9.18 Å². The van der Waals surface area contributed by atoms with Gasteiger partial charge in [0.25, 0.3) is 0 Å². The van der Waals surface area contributed by atoms with Crippen LogP contribution in [0.5, 0.6) is 0 Å². The van der Waals surface area contributed by atoms with Gasteiger partial charge in [-0.05, 0) is 15.9 Å². The van der Waals surface area contributed by atoms with E-state index in [0.717, 1.165) is 0 Å². The van der Waals surface area contributed by atoms with Gasteiger partial charge in [0.1, 0.15) is 5.83 Å². The standard InChI is InChI=1S/C7H6BrFO2/c1-4(8)7(11)6(3-10)5(2)9/h3,10H,1-2H2/b6-3+. The lowest BCUT2D eigenvalue weighted by Crippen LogP contribution is -2.01. The molecule has 0 atom stereocenters. The molecule has 0 bridgehead atoms. The van der Waals surface area contributed by atoms with Crippen LogP contribution in [0, 0.1) is 0 Å². The zero-order valence-corrected chi connectivity index (χ0v) is 7.19. The van der Waals surface area contributed by atoms with Crippen LogP contribution < -0.4 is 0 Å². The molecule has 0 saturated carbocycles. The molecular weight excluding hydrogens is 215 g/mol. The molecule has 60 valence electrons. The molecule has 1 N–H and O–H groups in total. The van der Waals surface area contributed by atoms with Crippen LogP contribution >= 0.6 is 15.9 Å². The van der Waals surface area contributed by atoms with Crippen molar-refractivity contribution in [1.29, 1.82) is 0 Å². The van der Waals surface area contributed by atoms with Gasteiger partial charge in [-0.3, -0.25) is 4.79 Å². The quantitative estimate of drug-likeness (QED) is 0.451. The first-order valence-corrected chi connectivity index (χ1v) is 3.38. The summed E-state index contributed by atoms with van der Waals surface area (Å²) in [4.78, 5) is 10.8. The molecule has 0 heterocycles. The van der Waals surface area contributed by atoms with Gasteiger partial charge in [0.2, 0.25) is 5.78 Å². The van der Waals surface area contributed by atoms with Crippen molar-refractivity contribution in [2.24, 2.45) is 0 Å². The van der Waals surface area contributed by atoms with Gasteiger partial charge >= 0.3 is 0 Å². The van der Waals surface area contributed by atoms with Crippen LogP contribution in [0.4, 0.5) is 4.39 Å². The van der Waals surface area contributed by atoms with Crippen LogP contribution in [0.15, 0.2) is 35.3 Å². The summed E-state index contributed by atoms with van der Waals surface area (Å²) in [6, 6.07) is 0. The van der Waals surface area contributed by atoms with Gasteiger partial charge in [-0.1, -0.05) is 13.2 Å². The molecule has 4 heteroatoms. The number of carbonyl (C=O) groups is 1. The van der Waals surface area contributed by atoms with Gasteiger partial charge in [-0.15, -0.1) is 0 Å². The number of ketones is 1. The minimum atomic E-state index is -0.988. The fraction of sp³-hybridized carbons (Fsp3) is 0. The Hall–Kier alpha value is -0.900. The number of hydrogen-bond acceptors (Lipinski definition) is 2. The first-order chi connectivity index (χ1) is 5.00. The van der Waals surface area contributed by atoms with Gasteiger partial charge in [0.15, 0.2) is 0 Å². The molecule has 0 aliphatic heterocycles. The van der Waals surface area contributed by atoms with Crippen LogP contribution in [0.1, 0.15) is 0 Å². The average Bonchev–Trinajstić information content (AvgIpc) is 1.88. The zero-order chi connectivity index (χ0) is 9.02. The van der Waals surface area contributed by atoms with E-state index in [1.54, 1.807) is 0 Å². The summed E-state index contributed by atoms with van der Waals surface area (Å²) >= 11 is 2.75. The second kappa shape index (κ2) is 4.08. The summed E-state index contributed by atoms with van der Waals surface area (Å²) in [6.45, 7) is 6.07. The van der Waals surface area contributed by atoms with Crippen LogP contribution in [0.3, 0.4) is 0 Å². The smallest absolute Gasteiger partial charge is 0.205 e. The third-order valence-corrected chi connectivity index (χ3v) is 1.27. The molecule has 0 aliphatic carbocycles. The normalized spacial score (nSPS) is 10.9. The van der Waals surface area contributed by atoms with E-state index in [0.29, 0.717) is 6.26 Å². The highest BCUT2D eigenvalue weighted by Crippen LogP contribution is 2.16. The van der Waals surface area contributed by atoms with Crippen LogP contribution in [-0.2, 0) is 4.79 Å². The topological polar surface area (TPSA) is 37.3 Å². The lowest BCUT2D eigenvalue weighted by atomic mass is 10.2. The summed E-state index contributed by atoms with van der Waals surface area (Å²) in [7, 11) is 0. The first-order valence-electron chi connectivity index (χ1n) is 2.59. The van der Waals surface area contributed by atoms with Gasteiger partial charge in [0, 0.05) is 0 Å². The average molecular weight is 221 g/mol. The number of aliphatic hydroxyl groups excluding tert-OH is 1. The molecule has 0 aromatic heterocycles. The van der Waals surface area contributed by atoms with Crippen molar-refractivity contribution in [2.75, 3.05) is 0 Å². The number of aliphatic hydroxyl groups is 1. The Kier molecular flexibility index (Phi) is 3.74. The Labute approximate surface area is 71.8 Å². The third kappa shape index (κ3) is 2.67. The molecule has 0 amide bonds. The molecule has 0 spiro atoms. The van der Waals surface area contributed by atoms with Gasteiger partial charge in [0.05, 0.1) is 16.3 Å². The van der Waals surface area contributed by atoms with Gasteiger partial charge in [-0.25, -0.2) is 4.39 Å². The maximum absolute atomic E-state index is 12.3. The molecule has 0 unspecified atom stereocenters. The minimum absolute atomic E-state index is 0.0309. The molecular formula is C7H6BrFO2. The van der Waals surface area contributed by atoms with Crippen LogP contribution in [0.25, 0.3) is 0 Å². The fourth-order valence-electron chi connectivity index (χ4n) is 0.398. The summed E-state index contributed by atoms with van der Waals surface area (Å²) < 4.78 is 12.2. The van der Waals surface area contributed by atoms with Crippen molar-refractivity contribution >= 4 is 21.7 Å². The van der Waals surface area contributed by atoms with Crippen LogP contribution in [0.2, 0.25) is 0 Å². The molecule has 11 heavy (non-hydrogen) atoms. The molecule has 0 saturated heterocycles. The Morgan fingerprint density at radius 3 is 2.09 bits per heavy atom. The molecule has 2 nitrogen and oxygen atoms in total. The molecule has 0 rings (SSSR count). The van der Waals surface area contributed by atoms with Crippen molar-refractivity contribution < 1.29 is 14.3 Å². The Bertz CT molecular complexity index is 243. The highest BCUT2D eigenvalue weighted by molar-refractivity contribution is 9.12. The third-order valence-electron chi connectivity index (χ3n) is 0.912. The number of halogens is 2. The van der Waals surface area contributed by atoms with Gasteiger partial charge < -0.3 is 5.11 Å². The summed E-state index contributed by atoms with van der Waals surface area (Å²) in [5, 5.41) is 8.37. The molecule has 0 aromatic rings. The van der Waals surface area contributed by atoms with E-state index in [-0.39, 0.29) is 4.48 Å². The number of carbonyl (C=O) groups excluding carboxylic acids is 1. The highest BCUT2D eigenvalue weighted by Gasteiger charge is 2.14. The lowest BCUT2D eigenvalue weighted by molar-refractivity contribution is -0.111. The molecule has 0 aliphatic rings. The summed E-state index contributed by atoms with van der Waals surface area (Å²) in [5.41, 5.74) is -0.494. The molecule has 0 aromatic carbocycles. The monoisotopic (exact) mass is 220 g/mol. The second-order valence-corrected chi connectivity index (χ2v) is 2.64. The maximum Gasteiger partial charge on any atom is 0.205 e. The fourth-order valence-corrected chi connectivity index (χ4v) is 0.612. The van der Waals surface area contributed by atoms with E-state index in [4.69, 9.17) is 5.11 Å². The number of Topliss-reactive ketones (excluding diaryl/α,β-unsaturated/α-hetero) is 1. The second-order valence-electron chi connectivity index (χ2n) is 1.68. The predicted molar refractivity (Wildman–Crippen MR) is 44.0 cm³/mol. The maximum atomic E-state index is 12.3. The van der Waals surface area contributed by atoms with E-state index in [1.165, 1.54) is 0 Å². The summed E-state index contributed by atoms with van der Waals surface area (Å²) in [6.07, 6.45) is 0.358. The highest BCUT2D eigenvalue weighted by atomic mass is 79.9. The van der Waals surface area contributed by atoms with Crippen molar-refractivity contribution in [3.8, 4) is 0 Å². The minimum Gasteiger partial charge on any atom is -0.515 e. The number of rotatable bonds is 3. The lowest BCUT2D eigenvalue weighted by Gasteiger charge is -1.97. The summed E-state index contributed by atoms with van der Waals surface area (Å²) in [5.74, 6) is -1.71. The predicted octanol–water partition coefficient (Wildman–Crippen LogP) is 2.39. The number of allylic oxidation sites excluding steroid dienone is 3. The molecule has 0 fully saturated rings. The Morgan fingerprint density at radius 2 is 2.00 bits per heavy atom. The van der Waals surface area contributed by atoms with Gasteiger partial charge in [-0.2, -0.15) is 0 Å². The Morgan fingerprint density at radius 1 is 1.55 bits per heavy atom. The largest absolute Gasteiger partial charge is 0.515 e.